The quantitative estimate of drug-likeness (QED) is 0.851. The Bertz CT molecular complexity index is 885. The van der Waals surface area contributed by atoms with Crippen LogP contribution in [0.1, 0.15) is 31.3 Å². The standard InChI is InChI=1S/C16H22N2O3S2/c1-11-14(16(2,3)4)22-15(18(11)5)17-23(19,20)13-10-8-7-9-12(13)21-6/h7-10H,1-6H3/b17-15-. The largest absolute Gasteiger partial charge is 0.495 e. The van der Waals surface area contributed by atoms with Gasteiger partial charge < -0.3 is 9.30 Å². The Hall–Kier alpha value is -1.60. The predicted molar refractivity (Wildman–Crippen MR) is 92.5 cm³/mol. The Morgan fingerprint density at radius 3 is 2.35 bits per heavy atom. The van der Waals surface area contributed by atoms with E-state index in [-0.39, 0.29) is 10.3 Å². The minimum atomic E-state index is -3.84. The van der Waals surface area contributed by atoms with Gasteiger partial charge in [0.15, 0.2) is 0 Å². The molecular weight excluding hydrogens is 332 g/mol. The molecule has 126 valence electrons. The van der Waals surface area contributed by atoms with Crippen molar-refractivity contribution in [3.63, 3.8) is 0 Å². The lowest BCUT2D eigenvalue weighted by molar-refractivity contribution is 0.402. The maximum atomic E-state index is 12.7. The van der Waals surface area contributed by atoms with E-state index in [1.165, 1.54) is 24.5 Å². The summed E-state index contributed by atoms with van der Waals surface area (Å²) in [6, 6.07) is 6.50. The Kier molecular flexibility index (Phi) is 4.73. The van der Waals surface area contributed by atoms with E-state index < -0.39 is 10.0 Å². The van der Waals surface area contributed by atoms with E-state index >= 15 is 0 Å². The summed E-state index contributed by atoms with van der Waals surface area (Å²) in [5.41, 5.74) is 0.963. The summed E-state index contributed by atoms with van der Waals surface area (Å²) in [6.07, 6.45) is 0. The highest BCUT2D eigenvalue weighted by Crippen LogP contribution is 2.28. The van der Waals surface area contributed by atoms with Gasteiger partial charge in [0, 0.05) is 17.6 Å². The summed E-state index contributed by atoms with van der Waals surface area (Å²) >= 11 is 1.40. The SMILES string of the molecule is COc1ccccc1S(=O)(=O)/N=c1\sc(C(C)(C)C)c(C)n1C. The molecule has 0 aliphatic heterocycles. The maximum Gasteiger partial charge on any atom is 0.288 e. The number of para-hydroxylation sites is 1. The van der Waals surface area contributed by atoms with Crippen molar-refractivity contribution in [3.8, 4) is 5.75 Å². The van der Waals surface area contributed by atoms with Crippen molar-refractivity contribution in [1.29, 1.82) is 0 Å². The van der Waals surface area contributed by atoms with E-state index in [0.717, 1.165) is 10.6 Å². The lowest BCUT2D eigenvalue weighted by Crippen LogP contribution is -2.15. The van der Waals surface area contributed by atoms with Crippen molar-refractivity contribution in [3.05, 3.63) is 39.6 Å². The Morgan fingerprint density at radius 2 is 1.83 bits per heavy atom. The molecule has 0 spiro atoms. The molecule has 0 aliphatic carbocycles. The van der Waals surface area contributed by atoms with E-state index in [0.29, 0.717) is 10.6 Å². The fourth-order valence-electron chi connectivity index (χ4n) is 2.29. The van der Waals surface area contributed by atoms with Gasteiger partial charge in [-0.1, -0.05) is 32.9 Å². The number of ether oxygens (including phenoxy) is 1. The molecule has 0 saturated heterocycles. The molecule has 2 aromatic rings. The molecule has 0 fully saturated rings. The highest BCUT2D eigenvalue weighted by atomic mass is 32.2. The summed E-state index contributed by atoms with van der Waals surface area (Å²) in [5.74, 6) is 0.295. The van der Waals surface area contributed by atoms with Gasteiger partial charge in [0.05, 0.1) is 7.11 Å². The van der Waals surface area contributed by atoms with Crippen LogP contribution in [0, 0.1) is 6.92 Å². The highest BCUT2D eigenvalue weighted by molar-refractivity contribution is 7.90. The van der Waals surface area contributed by atoms with Gasteiger partial charge in [0.2, 0.25) is 4.80 Å². The molecular formula is C16H22N2O3S2. The third-order valence-electron chi connectivity index (χ3n) is 3.54. The summed E-state index contributed by atoms with van der Waals surface area (Å²) in [5, 5.41) is 0. The highest BCUT2D eigenvalue weighted by Gasteiger charge is 2.23. The summed E-state index contributed by atoms with van der Waals surface area (Å²) in [6.45, 7) is 8.28. The number of rotatable bonds is 3. The Morgan fingerprint density at radius 1 is 1.22 bits per heavy atom. The van der Waals surface area contributed by atoms with Gasteiger partial charge in [0.1, 0.15) is 10.6 Å². The maximum absolute atomic E-state index is 12.7. The van der Waals surface area contributed by atoms with Crippen LogP contribution in [0.25, 0.3) is 0 Å². The van der Waals surface area contributed by atoms with E-state index in [9.17, 15) is 8.42 Å². The van der Waals surface area contributed by atoms with Gasteiger partial charge in [-0.15, -0.1) is 15.7 Å². The number of thiazole rings is 1. The minimum Gasteiger partial charge on any atom is -0.495 e. The number of sulfonamides is 1. The molecule has 0 atom stereocenters. The number of benzene rings is 1. The molecule has 5 nitrogen and oxygen atoms in total. The molecule has 0 unspecified atom stereocenters. The van der Waals surface area contributed by atoms with E-state index in [4.69, 9.17) is 4.74 Å². The van der Waals surface area contributed by atoms with Crippen molar-refractivity contribution in [2.75, 3.05) is 7.11 Å². The van der Waals surface area contributed by atoms with Crippen LogP contribution in [-0.4, -0.2) is 20.1 Å². The van der Waals surface area contributed by atoms with Gasteiger partial charge in [0.25, 0.3) is 10.0 Å². The smallest absolute Gasteiger partial charge is 0.288 e. The summed E-state index contributed by atoms with van der Waals surface area (Å²) in [7, 11) is -0.561. The topological polar surface area (TPSA) is 60.7 Å². The van der Waals surface area contributed by atoms with Crippen molar-refractivity contribution in [2.45, 2.75) is 38.0 Å². The summed E-state index contributed by atoms with van der Waals surface area (Å²) in [4.78, 5) is 1.65. The van der Waals surface area contributed by atoms with Crippen molar-refractivity contribution >= 4 is 21.4 Å². The van der Waals surface area contributed by atoms with E-state index in [1.54, 1.807) is 18.2 Å². The molecule has 0 radical (unpaired) electrons. The van der Waals surface area contributed by atoms with Gasteiger partial charge in [-0.2, -0.15) is 8.42 Å². The number of aromatic nitrogens is 1. The Labute approximate surface area is 141 Å². The molecule has 1 aromatic heterocycles. The second kappa shape index (κ2) is 6.13. The molecule has 0 aliphatic rings. The molecule has 23 heavy (non-hydrogen) atoms. The van der Waals surface area contributed by atoms with Gasteiger partial charge in [-0.25, -0.2) is 0 Å². The third-order valence-corrected chi connectivity index (χ3v) is 6.62. The van der Waals surface area contributed by atoms with Gasteiger partial charge in [-0.3, -0.25) is 0 Å². The molecule has 1 heterocycles. The normalized spacial score (nSPS) is 13.4. The van der Waals surface area contributed by atoms with E-state index in [1.807, 2.05) is 18.5 Å². The van der Waals surface area contributed by atoms with Crippen molar-refractivity contribution < 1.29 is 13.2 Å². The fraction of sp³-hybridized carbons (Fsp3) is 0.438. The predicted octanol–water partition coefficient (Wildman–Crippen LogP) is 2.99. The Balaban J connectivity index is 2.67. The zero-order chi connectivity index (χ0) is 17.4. The van der Waals surface area contributed by atoms with Crippen LogP contribution >= 0.6 is 11.3 Å². The lowest BCUT2D eigenvalue weighted by atomic mass is 9.93. The van der Waals surface area contributed by atoms with Gasteiger partial charge in [-0.05, 0) is 24.5 Å². The monoisotopic (exact) mass is 354 g/mol. The van der Waals surface area contributed by atoms with Gasteiger partial charge >= 0.3 is 0 Å². The fourth-order valence-corrected chi connectivity index (χ4v) is 4.86. The molecule has 0 N–H and O–H groups in total. The van der Waals surface area contributed by atoms with Crippen LogP contribution in [0.3, 0.4) is 0 Å². The van der Waals surface area contributed by atoms with Crippen LogP contribution in [0.15, 0.2) is 33.6 Å². The first-order valence-corrected chi connectivity index (χ1v) is 9.44. The van der Waals surface area contributed by atoms with Crippen LogP contribution in [0.2, 0.25) is 0 Å². The summed E-state index contributed by atoms with van der Waals surface area (Å²) < 4.78 is 36.3. The van der Waals surface area contributed by atoms with Crippen LogP contribution in [-0.2, 0) is 22.5 Å². The van der Waals surface area contributed by atoms with Crippen LogP contribution < -0.4 is 9.54 Å². The minimum absolute atomic E-state index is 0.0610. The third kappa shape index (κ3) is 3.50. The van der Waals surface area contributed by atoms with E-state index in [2.05, 4.69) is 25.2 Å². The number of hydrogen-bond donors (Lipinski definition) is 0. The average Bonchev–Trinajstić information content (AvgIpc) is 2.75. The molecule has 0 saturated carbocycles. The van der Waals surface area contributed by atoms with Crippen molar-refractivity contribution in [2.24, 2.45) is 11.4 Å². The second-order valence-electron chi connectivity index (χ2n) is 6.33. The number of nitrogens with zero attached hydrogens (tertiary/aromatic N) is 2. The molecule has 2 rings (SSSR count). The first-order valence-electron chi connectivity index (χ1n) is 7.19. The molecule has 0 amide bonds. The zero-order valence-corrected chi connectivity index (χ0v) is 15.9. The van der Waals surface area contributed by atoms with Crippen LogP contribution in [0.4, 0.5) is 0 Å². The molecule has 0 bridgehead atoms. The first-order chi connectivity index (χ1) is 10.6. The average molecular weight is 354 g/mol. The van der Waals surface area contributed by atoms with Crippen molar-refractivity contribution in [1.82, 2.24) is 4.57 Å². The second-order valence-corrected chi connectivity index (χ2v) is 8.88. The molecule has 7 heteroatoms. The van der Waals surface area contributed by atoms with Crippen LogP contribution in [0.5, 0.6) is 5.75 Å². The number of methoxy groups -OCH3 is 1. The zero-order valence-electron chi connectivity index (χ0n) is 14.2. The molecule has 1 aromatic carbocycles. The lowest BCUT2D eigenvalue weighted by Gasteiger charge is -2.17. The number of hydrogen-bond acceptors (Lipinski definition) is 4. The first kappa shape index (κ1) is 17.7.